The summed E-state index contributed by atoms with van der Waals surface area (Å²) in [6.45, 7) is 6.63. The molecule has 0 N–H and O–H groups in total. The Morgan fingerprint density at radius 2 is 1.96 bits per heavy atom. The predicted molar refractivity (Wildman–Crippen MR) is 99.4 cm³/mol. The monoisotopic (exact) mass is 364 g/mol. The van der Waals surface area contributed by atoms with Crippen LogP contribution in [0.3, 0.4) is 0 Å². The maximum atomic E-state index is 12.8. The van der Waals surface area contributed by atoms with Gasteiger partial charge >= 0.3 is 0 Å². The van der Waals surface area contributed by atoms with E-state index in [1.807, 2.05) is 36.9 Å². The van der Waals surface area contributed by atoms with E-state index in [9.17, 15) is 9.59 Å². The van der Waals surface area contributed by atoms with Gasteiger partial charge in [0.15, 0.2) is 0 Å². The first-order valence-corrected chi connectivity index (χ1v) is 9.23. The van der Waals surface area contributed by atoms with Crippen LogP contribution in [0.1, 0.15) is 17.5 Å². The summed E-state index contributed by atoms with van der Waals surface area (Å²) >= 11 is 6.78. The summed E-state index contributed by atoms with van der Waals surface area (Å²) < 4.78 is 5.99. The Bertz CT molecular complexity index is 686. The van der Waals surface area contributed by atoms with Gasteiger partial charge in [0.1, 0.15) is 9.57 Å². The second-order valence-corrected chi connectivity index (χ2v) is 7.87. The molecule has 0 radical (unpaired) electrons. The van der Waals surface area contributed by atoms with Crippen molar-refractivity contribution in [2.24, 2.45) is 0 Å². The van der Waals surface area contributed by atoms with E-state index in [0.29, 0.717) is 23.2 Å². The van der Waals surface area contributed by atoms with Gasteiger partial charge in [-0.3, -0.25) is 9.59 Å². The number of ether oxygens (including phenoxy) is 1. The van der Waals surface area contributed by atoms with Crippen molar-refractivity contribution >= 4 is 45.8 Å². The molecule has 7 heteroatoms. The Kier molecular flexibility index (Phi) is 5.22. The van der Waals surface area contributed by atoms with Crippen LogP contribution in [0.5, 0.6) is 0 Å². The van der Waals surface area contributed by atoms with Crippen molar-refractivity contribution in [2.75, 3.05) is 31.2 Å². The van der Waals surface area contributed by atoms with Crippen molar-refractivity contribution in [3.05, 3.63) is 29.3 Å². The Morgan fingerprint density at radius 1 is 1.25 bits per heavy atom. The molecule has 1 aromatic carbocycles. The van der Waals surface area contributed by atoms with Gasteiger partial charge in [0.25, 0.3) is 0 Å². The molecule has 2 aliphatic rings. The van der Waals surface area contributed by atoms with Crippen molar-refractivity contribution in [2.45, 2.75) is 25.5 Å². The number of rotatable bonds is 2. The molecule has 2 fully saturated rings. The lowest BCUT2D eigenvalue weighted by atomic mass is 10.1. The zero-order valence-corrected chi connectivity index (χ0v) is 15.4. The number of anilines is 1. The van der Waals surface area contributed by atoms with E-state index in [1.165, 1.54) is 16.7 Å². The van der Waals surface area contributed by atoms with Gasteiger partial charge in [-0.2, -0.15) is 0 Å². The van der Waals surface area contributed by atoms with Gasteiger partial charge in [-0.1, -0.05) is 36.1 Å². The van der Waals surface area contributed by atoms with E-state index < -0.39 is 5.25 Å². The average molecular weight is 364 g/mol. The minimum Gasteiger partial charge on any atom is -0.378 e. The SMILES string of the molecule is Cc1ccc(C)c(N2C(=O)C[C@H](SC(=S)N3CCOCC3)C2=O)c1. The van der Waals surface area contributed by atoms with Crippen LogP contribution in [-0.2, 0) is 14.3 Å². The average Bonchev–Trinajstić information content (AvgIpc) is 2.84. The molecule has 0 aliphatic carbocycles. The third-order valence-electron chi connectivity index (χ3n) is 4.22. The lowest BCUT2D eigenvalue weighted by Gasteiger charge is -2.29. The summed E-state index contributed by atoms with van der Waals surface area (Å²) in [6.07, 6.45) is 0.196. The highest BCUT2D eigenvalue weighted by molar-refractivity contribution is 8.23. The quantitative estimate of drug-likeness (QED) is 0.593. The highest BCUT2D eigenvalue weighted by Gasteiger charge is 2.41. The van der Waals surface area contributed by atoms with Gasteiger partial charge < -0.3 is 9.64 Å². The van der Waals surface area contributed by atoms with Crippen LogP contribution in [0.4, 0.5) is 5.69 Å². The molecule has 0 spiro atoms. The molecule has 24 heavy (non-hydrogen) atoms. The third-order valence-corrected chi connectivity index (χ3v) is 5.88. The smallest absolute Gasteiger partial charge is 0.247 e. The molecule has 1 aromatic rings. The molecule has 0 saturated carbocycles. The van der Waals surface area contributed by atoms with Crippen LogP contribution in [0.25, 0.3) is 0 Å². The third kappa shape index (κ3) is 3.48. The van der Waals surface area contributed by atoms with Crippen LogP contribution in [0.2, 0.25) is 0 Å². The number of amides is 2. The maximum absolute atomic E-state index is 12.8. The number of benzene rings is 1. The lowest BCUT2D eigenvalue weighted by molar-refractivity contribution is -0.121. The van der Waals surface area contributed by atoms with E-state index >= 15 is 0 Å². The first-order chi connectivity index (χ1) is 11.5. The summed E-state index contributed by atoms with van der Waals surface area (Å²) in [6, 6.07) is 5.80. The van der Waals surface area contributed by atoms with Gasteiger partial charge in [-0.25, -0.2) is 4.90 Å². The van der Waals surface area contributed by atoms with E-state index in [2.05, 4.69) is 0 Å². The van der Waals surface area contributed by atoms with E-state index in [4.69, 9.17) is 17.0 Å². The molecule has 2 amide bonds. The molecule has 0 aromatic heterocycles. The number of imide groups is 1. The standard InChI is InChI=1S/C17H20N2O3S2/c1-11-3-4-12(2)13(9-11)19-15(20)10-14(16(19)21)24-17(23)18-5-7-22-8-6-18/h3-4,9,14H,5-8,10H2,1-2H3/t14-/m0/s1. The summed E-state index contributed by atoms with van der Waals surface area (Å²) in [5.41, 5.74) is 2.63. The topological polar surface area (TPSA) is 49.9 Å². The largest absolute Gasteiger partial charge is 0.378 e. The fraction of sp³-hybridized carbons (Fsp3) is 0.471. The molecule has 0 unspecified atom stereocenters. The van der Waals surface area contributed by atoms with Crippen molar-refractivity contribution in [1.82, 2.24) is 4.90 Å². The molecule has 3 rings (SSSR count). The summed E-state index contributed by atoms with van der Waals surface area (Å²) in [4.78, 5) is 28.6. The molecule has 2 saturated heterocycles. The summed E-state index contributed by atoms with van der Waals surface area (Å²) in [7, 11) is 0. The number of thioether (sulfide) groups is 1. The Balaban J connectivity index is 1.74. The number of carbonyl (C=O) groups is 2. The van der Waals surface area contributed by atoms with Crippen LogP contribution in [0, 0.1) is 13.8 Å². The zero-order chi connectivity index (χ0) is 17.3. The number of nitrogens with zero attached hydrogens (tertiary/aromatic N) is 2. The fourth-order valence-corrected chi connectivity index (χ4v) is 4.39. The minimum absolute atomic E-state index is 0.157. The number of carbonyl (C=O) groups excluding carboxylic acids is 2. The molecule has 0 bridgehead atoms. The second-order valence-electron chi connectivity index (χ2n) is 6.03. The highest BCUT2D eigenvalue weighted by atomic mass is 32.2. The number of hydrogen-bond donors (Lipinski definition) is 0. The molecule has 2 aliphatic heterocycles. The van der Waals surface area contributed by atoms with Crippen molar-refractivity contribution in [3.8, 4) is 0 Å². The maximum Gasteiger partial charge on any atom is 0.247 e. The van der Waals surface area contributed by atoms with Crippen molar-refractivity contribution < 1.29 is 14.3 Å². The van der Waals surface area contributed by atoms with E-state index in [-0.39, 0.29) is 18.2 Å². The van der Waals surface area contributed by atoms with Crippen LogP contribution < -0.4 is 4.90 Å². The first kappa shape index (κ1) is 17.4. The molecule has 1 atom stereocenters. The number of thiocarbonyl (C=S) groups is 1. The van der Waals surface area contributed by atoms with Gasteiger partial charge in [0.05, 0.1) is 18.9 Å². The number of morpholine rings is 1. The van der Waals surface area contributed by atoms with Crippen LogP contribution in [0.15, 0.2) is 18.2 Å². The fourth-order valence-electron chi connectivity index (χ4n) is 2.85. The highest BCUT2D eigenvalue weighted by Crippen LogP contribution is 2.33. The minimum atomic E-state index is -0.437. The number of hydrogen-bond acceptors (Lipinski definition) is 5. The lowest BCUT2D eigenvalue weighted by Crippen LogP contribution is -2.40. The summed E-state index contributed by atoms with van der Waals surface area (Å²) in [5.74, 6) is -0.328. The Morgan fingerprint density at radius 3 is 2.67 bits per heavy atom. The van der Waals surface area contributed by atoms with Gasteiger partial charge in [-0.05, 0) is 31.0 Å². The molecule has 128 valence electrons. The van der Waals surface area contributed by atoms with E-state index in [0.717, 1.165) is 24.2 Å². The molecular weight excluding hydrogens is 344 g/mol. The van der Waals surface area contributed by atoms with Crippen LogP contribution in [-0.4, -0.2) is 52.6 Å². The first-order valence-electron chi connectivity index (χ1n) is 7.94. The van der Waals surface area contributed by atoms with E-state index in [1.54, 1.807) is 0 Å². The Labute approximate surface area is 151 Å². The second kappa shape index (κ2) is 7.21. The van der Waals surface area contributed by atoms with Gasteiger partial charge in [-0.15, -0.1) is 0 Å². The molecule has 2 heterocycles. The predicted octanol–water partition coefficient (Wildman–Crippen LogP) is 2.29. The van der Waals surface area contributed by atoms with Crippen LogP contribution >= 0.6 is 24.0 Å². The molecular formula is C17H20N2O3S2. The van der Waals surface area contributed by atoms with Crippen molar-refractivity contribution in [3.63, 3.8) is 0 Å². The zero-order valence-electron chi connectivity index (χ0n) is 13.8. The van der Waals surface area contributed by atoms with Gasteiger partial charge in [0, 0.05) is 19.5 Å². The molecule has 5 nitrogen and oxygen atoms in total. The Hall–Kier alpha value is -1.44. The summed E-state index contributed by atoms with van der Waals surface area (Å²) in [5, 5.41) is -0.437. The normalized spacial score (nSPS) is 21.5. The number of aryl methyl sites for hydroxylation is 2. The van der Waals surface area contributed by atoms with Gasteiger partial charge in [0.2, 0.25) is 11.8 Å². The van der Waals surface area contributed by atoms with Crippen molar-refractivity contribution in [1.29, 1.82) is 0 Å².